The number of nitrogen functional groups attached to an aromatic ring is 1. The smallest absolute Gasteiger partial charge is 0.423 e. The normalized spacial score (nSPS) is 9.50. The van der Waals surface area contributed by atoms with Crippen LogP contribution in [0.15, 0.2) is 18.2 Å². The lowest BCUT2D eigenvalue weighted by Gasteiger charge is -2.01. The summed E-state index contributed by atoms with van der Waals surface area (Å²) in [5.74, 6) is 0. The first-order valence-corrected chi connectivity index (χ1v) is 3.36. The molecule has 1 rings (SSSR count). The molecule has 0 radical (unpaired) electrons. The van der Waals surface area contributed by atoms with Gasteiger partial charge in [-0.15, -0.1) is 0 Å². The zero-order chi connectivity index (χ0) is 9.14. The van der Waals surface area contributed by atoms with Crippen molar-refractivity contribution < 1.29 is 14.8 Å². The molecule has 0 amide bonds. The number of carbonyl (C=O) groups is 1. The fraction of sp³-hybridized carbons (Fsp3) is 0. The largest absolute Gasteiger partial charge is 0.488 e. The van der Waals surface area contributed by atoms with Crippen LogP contribution in [0.3, 0.4) is 0 Å². The molecule has 0 fully saturated rings. The number of carbonyl (C=O) groups excluding carboxylic acids is 1. The van der Waals surface area contributed by atoms with Gasteiger partial charge in [0.15, 0.2) is 6.29 Å². The van der Waals surface area contributed by atoms with Gasteiger partial charge in [-0.25, -0.2) is 0 Å². The third-order valence-corrected chi connectivity index (χ3v) is 1.54. The summed E-state index contributed by atoms with van der Waals surface area (Å²) in [7, 11) is -1.57. The van der Waals surface area contributed by atoms with Crippen molar-refractivity contribution in [2.24, 2.45) is 0 Å². The molecule has 0 saturated heterocycles. The van der Waals surface area contributed by atoms with E-state index in [1.54, 1.807) is 0 Å². The monoisotopic (exact) mass is 165 g/mol. The van der Waals surface area contributed by atoms with E-state index in [0.29, 0.717) is 12.0 Å². The van der Waals surface area contributed by atoms with Gasteiger partial charge >= 0.3 is 7.12 Å². The third kappa shape index (κ3) is 1.64. The van der Waals surface area contributed by atoms with E-state index in [1.807, 2.05) is 0 Å². The van der Waals surface area contributed by atoms with Gasteiger partial charge in [-0.3, -0.25) is 4.79 Å². The third-order valence-electron chi connectivity index (χ3n) is 1.54. The van der Waals surface area contributed by atoms with Gasteiger partial charge in [0.25, 0.3) is 0 Å². The van der Waals surface area contributed by atoms with Gasteiger partial charge in [0.2, 0.25) is 0 Å². The van der Waals surface area contributed by atoms with E-state index in [2.05, 4.69) is 0 Å². The second-order valence-electron chi connectivity index (χ2n) is 2.38. The number of hydrogen-bond donors (Lipinski definition) is 3. The van der Waals surface area contributed by atoms with Crippen LogP contribution in [0.25, 0.3) is 0 Å². The van der Waals surface area contributed by atoms with Gasteiger partial charge in [0.1, 0.15) is 0 Å². The number of rotatable bonds is 2. The van der Waals surface area contributed by atoms with E-state index in [4.69, 9.17) is 15.8 Å². The second-order valence-corrected chi connectivity index (χ2v) is 2.38. The van der Waals surface area contributed by atoms with Crippen LogP contribution in [0.1, 0.15) is 10.4 Å². The Kier molecular flexibility index (Phi) is 2.47. The van der Waals surface area contributed by atoms with Crippen LogP contribution in [-0.2, 0) is 0 Å². The second kappa shape index (κ2) is 3.38. The van der Waals surface area contributed by atoms with Crippen LogP contribution in [0.4, 0.5) is 5.69 Å². The SMILES string of the molecule is Nc1ccc(B(O)O)cc1C=O. The highest BCUT2D eigenvalue weighted by Crippen LogP contribution is 2.05. The Morgan fingerprint density at radius 1 is 1.42 bits per heavy atom. The number of nitrogens with two attached hydrogens (primary N) is 1. The summed E-state index contributed by atoms with van der Waals surface area (Å²) in [4.78, 5) is 10.4. The highest BCUT2D eigenvalue weighted by atomic mass is 16.4. The molecule has 62 valence electrons. The topological polar surface area (TPSA) is 83.6 Å². The maximum Gasteiger partial charge on any atom is 0.488 e. The Bertz CT molecular complexity index is 301. The van der Waals surface area contributed by atoms with Crippen LogP contribution in [0.2, 0.25) is 0 Å². The van der Waals surface area contributed by atoms with Crippen LogP contribution in [0, 0.1) is 0 Å². The van der Waals surface area contributed by atoms with Crippen molar-refractivity contribution in [2.75, 3.05) is 5.73 Å². The van der Waals surface area contributed by atoms with Gasteiger partial charge in [0, 0.05) is 11.3 Å². The Morgan fingerprint density at radius 2 is 2.08 bits per heavy atom. The van der Waals surface area contributed by atoms with Crippen LogP contribution in [0.5, 0.6) is 0 Å². The average Bonchev–Trinajstić information content (AvgIpc) is 2.05. The van der Waals surface area contributed by atoms with E-state index < -0.39 is 7.12 Å². The molecule has 0 aliphatic carbocycles. The summed E-state index contributed by atoms with van der Waals surface area (Å²) in [6, 6.07) is 4.25. The van der Waals surface area contributed by atoms with Gasteiger partial charge in [-0.1, -0.05) is 6.07 Å². The number of aldehydes is 1. The standard InChI is InChI=1S/C7H8BNO3/c9-7-2-1-6(8(11)12)3-5(7)4-10/h1-4,11-12H,9H2. The minimum absolute atomic E-state index is 0.256. The van der Waals surface area contributed by atoms with Crippen molar-refractivity contribution in [1.29, 1.82) is 0 Å². The number of benzene rings is 1. The highest BCUT2D eigenvalue weighted by Gasteiger charge is 2.11. The molecule has 1 aromatic carbocycles. The maximum atomic E-state index is 10.4. The van der Waals surface area contributed by atoms with Crippen molar-refractivity contribution in [3.05, 3.63) is 23.8 Å². The van der Waals surface area contributed by atoms with E-state index in [9.17, 15) is 4.79 Å². The zero-order valence-corrected chi connectivity index (χ0v) is 6.27. The molecule has 0 atom stereocenters. The summed E-state index contributed by atoms with van der Waals surface area (Å²) in [5, 5.41) is 17.5. The van der Waals surface area contributed by atoms with Crippen molar-refractivity contribution in [3.8, 4) is 0 Å². The molecular formula is C7H8BNO3. The fourth-order valence-corrected chi connectivity index (χ4v) is 0.856. The van der Waals surface area contributed by atoms with E-state index in [-0.39, 0.29) is 11.0 Å². The molecular weight excluding hydrogens is 157 g/mol. The molecule has 4 nitrogen and oxygen atoms in total. The lowest BCUT2D eigenvalue weighted by molar-refractivity contribution is 0.112. The molecule has 0 aliphatic rings. The molecule has 0 bridgehead atoms. The molecule has 0 saturated carbocycles. The van der Waals surface area contributed by atoms with Crippen molar-refractivity contribution in [3.63, 3.8) is 0 Å². The minimum Gasteiger partial charge on any atom is -0.423 e. The number of anilines is 1. The molecule has 4 N–H and O–H groups in total. The van der Waals surface area contributed by atoms with Gasteiger partial charge in [0.05, 0.1) is 0 Å². The summed E-state index contributed by atoms with van der Waals surface area (Å²) in [6.07, 6.45) is 0.571. The molecule has 0 aliphatic heterocycles. The first kappa shape index (κ1) is 8.77. The maximum absolute atomic E-state index is 10.4. The van der Waals surface area contributed by atoms with Crippen LogP contribution in [-0.4, -0.2) is 23.5 Å². The molecule has 5 heteroatoms. The number of hydrogen-bond acceptors (Lipinski definition) is 4. The van der Waals surface area contributed by atoms with E-state index >= 15 is 0 Å². The predicted molar refractivity (Wildman–Crippen MR) is 46.1 cm³/mol. The Morgan fingerprint density at radius 3 is 2.58 bits per heavy atom. The fourth-order valence-electron chi connectivity index (χ4n) is 0.856. The summed E-state index contributed by atoms with van der Waals surface area (Å²) in [5.41, 5.74) is 6.25. The predicted octanol–water partition coefficient (Wildman–Crippen LogP) is -1.24. The first-order chi connectivity index (χ1) is 5.65. The zero-order valence-electron chi connectivity index (χ0n) is 6.27. The van der Waals surface area contributed by atoms with Crippen molar-refractivity contribution in [2.45, 2.75) is 0 Å². The van der Waals surface area contributed by atoms with Crippen molar-refractivity contribution in [1.82, 2.24) is 0 Å². The average molecular weight is 165 g/mol. The van der Waals surface area contributed by atoms with E-state index in [1.165, 1.54) is 18.2 Å². The molecule has 0 aromatic heterocycles. The summed E-state index contributed by atoms with van der Waals surface area (Å²) < 4.78 is 0. The van der Waals surface area contributed by atoms with Crippen LogP contribution >= 0.6 is 0 Å². The van der Waals surface area contributed by atoms with Gasteiger partial charge < -0.3 is 15.8 Å². The first-order valence-electron chi connectivity index (χ1n) is 3.36. The molecule has 0 heterocycles. The Hall–Kier alpha value is -1.33. The Labute approximate surface area is 69.8 Å². The lowest BCUT2D eigenvalue weighted by Crippen LogP contribution is -2.30. The minimum atomic E-state index is -1.57. The molecule has 1 aromatic rings. The highest BCUT2D eigenvalue weighted by molar-refractivity contribution is 6.58. The van der Waals surface area contributed by atoms with Gasteiger partial charge in [-0.2, -0.15) is 0 Å². The van der Waals surface area contributed by atoms with E-state index in [0.717, 1.165) is 0 Å². The van der Waals surface area contributed by atoms with Crippen LogP contribution < -0.4 is 11.2 Å². The molecule has 0 unspecified atom stereocenters. The summed E-state index contributed by atoms with van der Waals surface area (Å²) >= 11 is 0. The quantitative estimate of drug-likeness (QED) is 0.290. The summed E-state index contributed by atoms with van der Waals surface area (Å²) in [6.45, 7) is 0. The lowest BCUT2D eigenvalue weighted by atomic mass is 9.79. The molecule has 12 heavy (non-hydrogen) atoms. The Balaban J connectivity index is 3.13. The van der Waals surface area contributed by atoms with Crippen molar-refractivity contribution >= 4 is 24.6 Å². The van der Waals surface area contributed by atoms with Gasteiger partial charge in [-0.05, 0) is 17.6 Å². The molecule has 0 spiro atoms.